The van der Waals surface area contributed by atoms with Gasteiger partial charge in [0.25, 0.3) is 0 Å². The number of hydrogen-bond donors (Lipinski definition) is 1. The molecule has 3 nitrogen and oxygen atoms in total. The van der Waals surface area contributed by atoms with Crippen LogP contribution in [0.5, 0.6) is 0 Å². The molecule has 1 aliphatic rings. The number of likely N-dealkylation sites (tertiary alicyclic amines) is 1. The van der Waals surface area contributed by atoms with E-state index in [9.17, 15) is 0 Å². The molecule has 2 rings (SSSR count). The van der Waals surface area contributed by atoms with Crippen LogP contribution in [0.25, 0.3) is 0 Å². The van der Waals surface area contributed by atoms with E-state index in [4.69, 9.17) is 5.73 Å². The highest BCUT2D eigenvalue weighted by Crippen LogP contribution is 2.32. The molecule has 3 heteroatoms. The number of aromatic nitrogens is 1. The third kappa shape index (κ3) is 3.02. The predicted molar refractivity (Wildman–Crippen MR) is 76.4 cm³/mol. The van der Waals surface area contributed by atoms with Crippen LogP contribution in [-0.2, 0) is 0 Å². The van der Waals surface area contributed by atoms with Crippen LogP contribution in [0.1, 0.15) is 50.4 Å². The third-order valence-electron chi connectivity index (χ3n) is 3.72. The van der Waals surface area contributed by atoms with Gasteiger partial charge in [0.15, 0.2) is 0 Å². The maximum atomic E-state index is 5.75. The van der Waals surface area contributed by atoms with E-state index in [0.717, 1.165) is 5.69 Å². The third-order valence-corrected chi connectivity index (χ3v) is 3.72. The first kappa shape index (κ1) is 13.3. The van der Waals surface area contributed by atoms with Gasteiger partial charge in [-0.3, -0.25) is 4.90 Å². The second-order valence-electron chi connectivity index (χ2n) is 5.81. The predicted octanol–water partition coefficient (Wildman–Crippen LogP) is 3.16. The van der Waals surface area contributed by atoms with Crippen LogP contribution in [0.2, 0.25) is 0 Å². The fraction of sp³-hybridized carbons (Fsp3) is 0.667. The lowest BCUT2D eigenvalue weighted by Gasteiger charge is -2.37. The molecule has 0 saturated carbocycles. The van der Waals surface area contributed by atoms with Gasteiger partial charge in [-0.25, -0.2) is 4.98 Å². The summed E-state index contributed by atoms with van der Waals surface area (Å²) in [4.78, 5) is 7.03. The van der Waals surface area contributed by atoms with Crippen molar-refractivity contribution in [3.8, 4) is 0 Å². The summed E-state index contributed by atoms with van der Waals surface area (Å²) < 4.78 is 0. The number of nitrogens with zero attached hydrogens (tertiary/aromatic N) is 2. The van der Waals surface area contributed by atoms with Gasteiger partial charge in [-0.1, -0.05) is 26.3 Å². The van der Waals surface area contributed by atoms with Gasteiger partial charge in [-0.2, -0.15) is 0 Å². The Labute approximate surface area is 110 Å². The van der Waals surface area contributed by atoms with E-state index in [1.165, 1.54) is 37.9 Å². The minimum atomic E-state index is 0.536. The molecular formula is C15H25N3. The highest BCUT2D eigenvalue weighted by atomic mass is 15.2. The van der Waals surface area contributed by atoms with Gasteiger partial charge in [-0.05, 0) is 43.9 Å². The van der Waals surface area contributed by atoms with Crippen LogP contribution in [0, 0.1) is 12.8 Å². The Balaban J connectivity index is 2.22. The molecule has 0 aliphatic carbocycles. The van der Waals surface area contributed by atoms with Crippen molar-refractivity contribution in [3.63, 3.8) is 0 Å². The van der Waals surface area contributed by atoms with Crippen LogP contribution < -0.4 is 5.73 Å². The lowest BCUT2D eigenvalue weighted by Crippen LogP contribution is -2.36. The second-order valence-corrected chi connectivity index (χ2v) is 5.81. The van der Waals surface area contributed by atoms with Crippen LogP contribution in [0.3, 0.4) is 0 Å². The summed E-state index contributed by atoms with van der Waals surface area (Å²) in [5.41, 5.74) is 8.21. The molecule has 18 heavy (non-hydrogen) atoms. The van der Waals surface area contributed by atoms with Crippen molar-refractivity contribution in [3.05, 3.63) is 23.4 Å². The fourth-order valence-corrected chi connectivity index (χ4v) is 2.97. The fourth-order valence-electron chi connectivity index (χ4n) is 2.97. The summed E-state index contributed by atoms with van der Waals surface area (Å²) in [6, 6.07) is 4.64. The van der Waals surface area contributed by atoms with E-state index >= 15 is 0 Å². The van der Waals surface area contributed by atoms with E-state index < -0.39 is 0 Å². The number of piperidine rings is 1. The van der Waals surface area contributed by atoms with Crippen molar-refractivity contribution in [2.24, 2.45) is 5.92 Å². The Bertz CT molecular complexity index is 401. The summed E-state index contributed by atoms with van der Waals surface area (Å²) in [7, 11) is 0. The highest BCUT2D eigenvalue weighted by molar-refractivity contribution is 5.35. The first-order valence-electron chi connectivity index (χ1n) is 7.05. The molecule has 1 unspecified atom stereocenters. The van der Waals surface area contributed by atoms with Crippen LogP contribution >= 0.6 is 0 Å². The van der Waals surface area contributed by atoms with Gasteiger partial charge in [0, 0.05) is 18.3 Å². The topological polar surface area (TPSA) is 42.1 Å². The van der Waals surface area contributed by atoms with Crippen molar-refractivity contribution in [1.82, 2.24) is 9.88 Å². The molecule has 0 radical (unpaired) electrons. The Kier molecular flexibility index (Phi) is 4.23. The first-order chi connectivity index (χ1) is 8.58. The second kappa shape index (κ2) is 5.70. The smallest absolute Gasteiger partial charge is 0.123 e. The van der Waals surface area contributed by atoms with Gasteiger partial charge in [-0.15, -0.1) is 0 Å². The number of aryl methyl sites for hydroxylation is 1. The molecular weight excluding hydrogens is 222 g/mol. The average Bonchev–Trinajstić information content (AvgIpc) is 2.30. The summed E-state index contributed by atoms with van der Waals surface area (Å²) in [5.74, 6) is 1.34. The largest absolute Gasteiger partial charge is 0.384 e. The molecule has 0 spiro atoms. The molecule has 1 fully saturated rings. The van der Waals surface area contributed by atoms with Crippen molar-refractivity contribution in [2.45, 2.75) is 46.1 Å². The van der Waals surface area contributed by atoms with Gasteiger partial charge in [0.2, 0.25) is 0 Å². The Morgan fingerprint density at radius 2 is 2.17 bits per heavy atom. The van der Waals surface area contributed by atoms with Crippen LogP contribution in [0.15, 0.2) is 12.1 Å². The maximum Gasteiger partial charge on any atom is 0.123 e. The number of rotatable bonds is 3. The lowest BCUT2D eigenvalue weighted by atomic mass is 9.93. The Hall–Kier alpha value is -1.09. The number of pyridine rings is 1. The minimum Gasteiger partial charge on any atom is -0.384 e. The van der Waals surface area contributed by atoms with Crippen molar-refractivity contribution >= 4 is 5.82 Å². The van der Waals surface area contributed by atoms with E-state index in [-0.39, 0.29) is 0 Å². The Morgan fingerprint density at radius 1 is 1.39 bits per heavy atom. The monoisotopic (exact) mass is 247 g/mol. The Morgan fingerprint density at radius 3 is 2.83 bits per heavy atom. The summed E-state index contributed by atoms with van der Waals surface area (Å²) in [6.07, 6.45) is 3.90. The van der Waals surface area contributed by atoms with E-state index in [1.54, 1.807) is 0 Å². The van der Waals surface area contributed by atoms with E-state index in [0.29, 0.717) is 17.8 Å². The molecule has 1 saturated heterocycles. The van der Waals surface area contributed by atoms with Crippen molar-refractivity contribution in [1.29, 1.82) is 0 Å². The SMILES string of the molecule is Cc1nc(N)ccc1C1CCCCN1CC(C)C. The van der Waals surface area contributed by atoms with Crippen LogP contribution in [0.4, 0.5) is 5.82 Å². The maximum absolute atomic E-state index is 5.75. The molecule has 0 bridgehead atoms. The molecule has 2 heterocycles. The zero-order valence-electron chi connectivity index (χ0n) is 11.8. The highest BCUT2D eigenvalue weighted by Gasteiger charge is 2.25. The summed E-state index contributed by atoms with van der Waals surface area (Å²) >= 11 is 0. The quantitative estimate of drug-likeness (QED) is 0.892. The summed E-state index contributed by atoms with van der Waals surface area (Å²) in [6.45, 7) is 9.05. The molecule has 0 amide bonds. The standard InChI is InChI=1S/C15H25N3/c1-11(2)10-18-9-5-4-6-14(18)13-7-8-15(16)17-12(13)3/h7-8,11,14H,4-6,9-10H2,1-3H3,(H2,16,17). The normalized spacial score (nSPS) is 21.4. The van der Waals surface area contributed by atoms with Gasteiger partial charge < -0.3 is 5.73 Å². The van der Waals surface area contributed by atoms with Crippen molar-refractivity contribution in [2.75, 3.05) is 18.8 Å². The zero-order valence-corrected chi connectivity index (χ0v) is 11.8. The van der Waals surface area contributed by atoms with Crippen LogP contribution in [-0.4, -0.2) is 23.0 Å². The lowest BCUT2D eigenvalue weighted by molar-refractivity contribution is 0.131. The van der Waals surface area contributed by atoms with Gasteiger partial charge in [0.1, 0.15) is 5.82 Å². The van der Waals surface area contributed by atoms with E-state index in [1.807, 2.05) is 6.07 Å². The van der Waals surface area contributed by atoms with E-state index in [2.05, 4.69) is 36.7 Å². The molecule has 2 N–H and O–H groups in total. The van der Waals surface area contributed by atoms with Crippen molar-refractivity contribution < 1.29 is 0 Å². The number of nitrogens with two attached hydrogens (primary N) is 1. The zero-order chi connectivity index (χ0) is 13.1. The molecule has 1 aromatic heterocycles. The number of hydrogen-bond acceptors (Lipinski definition) is 3. The summed E-state index contributed by atoms with van der Waals surface area (Å²) in [5, 5.41) is 0. The molecule has 1 aromatic rings. The number of nitrogen functional groups attached to an aromatic ring is 1. The number of anilines is 1. The first-order valence-corrected chi connectivity index (χ1v) is 7.05. The molecule has 100 valence electrons. The van der Waals surface area contributed by atoms with Gasteiger partial charge >= 0.3 is 0 Å². The molecule has 1 aliphatic heterocycles. The molecule has 0 aromatic carbocycles. The molecule has 1 atom stereocenters. The average molecular weight is 247 g/mol. The van der Waals surface area contributed by atoms with Gasteiger partial charge in [0.05, 0.1) is 0 Å². The minimum absolute atomic E-state index is 0.536.